The minimum Gasteiger partial charge on any atom is -0.337 e. The predicted molar refractivity (Wildman–Crippen MR) is 52.2 cm³/mol. The second-order valence-corrected chi connectivity index (χ2v) is 2.90. The van der Waals surface area contributed by atoms with Gasteiger partial charge in [-0.1, -0.05) is 0 Å². The molecule has 13 heavy (non-hydrogen) atoms. The number of nitrogens with zero attached hydrogens (tertiary/aromatic N) is 2. The summed E-state index contributed by atoms with van der Waals surface area (Å²) >= 11 is 10.8. The third-order valence-electron chi connectivity index (χ3n) is 1.24. The van der Waals surface area contributed by atoms with Crippen LogP contribution >= 0.6 is 23.2 Å². The van der Waals surface area contributed by atoms with E-state index in [0.29, 0.717) is 19.0 Å². The number of nitrogens with one attached hydrogen (secondary N) is 1. The molecule has 0 bridgehead atoms. The van der Waals surface area contributed by atoms with Gasteiger partial charge in [-0.15, -0.1) is 28.1 Å². The first-order valence-electron chi connectivity index (χ1n) is 3.70. The van der Waals surface area contributed by atoms with Gasteiger partial charge < -0.3 is 10.2 Å². The van der Waals surface area contributed by atoms with Crippen LogP contribution in [0.2, 0.25) is 0 Å². The Morgan fingerprint density at radius 3 is 2.54 bits per heavy atom. The molecule has 0 saturated carbocycles. The lowest BCUT2D eigenvalue weighted by atomic mass is 10.6. The summed E-state index contributed by atoms with van der Waals surface area (Å²) in [7, 11) is 0. The Bertz CT molecular complexity index is 168. The van der Waals surface area contributed by atoms with E-state index in [0.717, 1.165) is 0 Å². The molecule has 2 amide bonds. The van der Waals surface area contributed by atoms with E-state index in [2.05, 4.69) is 10.5 Å². The van der Waals surface area contributed by atoms with Crippen molar-refractivity contribution in [3.8, 4) is 0 Å². The highest BCUT2D eigenvalue weighted by Crippen LogP contribution is 1.91. The Morgan fingerprint density at radius 1 is 1.38 bits per heavy atom. The van der Waals surface area contributed by atoms with Crippen molar-refractivity contribution in [1.29, 1.82) is 0 Å². The number of amides is 2. The van der Waals surface area contributed by atoms with Crippen LogP contribution in [0, 0.1) is 4.91 Å². The van der Waals surface area contributed by atoms with Crippen LogP contribution in [0.15, 0.2) is 5.18 Å². The maximum absolute atomic E-state index is 11.2. The first kappa shape index (κ1) is 12.4. The van der Waals surface area contributed by atoms with E-state index in [1.165, 1.54) is 4.90 Å². The summed E-state index contributed by atoms with van der Waals surface area (Å²) in [6, 6.07) is -0.374. The Balaban J connectivity index is 3.87. The maximum Gasteiger partial charge on any atom is 0.319 e. The van der Waals surface area contributed by atoms with Crippen LogP contribution in [-0.2, 0) is 0 Å². The molecule has 7 heteroatoms. The molecule has 0 aliphatic carbocycles. The standard InChI is InChI=1S/C6H11Cl2N3O2/c7-1-3-9-6(12)11(4-2-8)5-10-13/h1-5H2,(H,9,12). The van der Waals surface area contributed by atoms with Crippen LogP contribution in [0.1, 0.15) is 0 Å². The van der Waals surface area contributed by atoms with Crippen LogP contribution in [0.4, 0.5) is 4.79 Å². The number of halogens is 2. The molecule has 0 fully saturated rings. The average Bonchev–Trinajstić information content (AvgIpc) is 2.14. The van der Waals surface area contributed by atoms with Crippen molar-refractivity contribution in [2.24, 2.45) is 5.18 Å². The van der Waals surface area contributed by atoms with E-state index in [1.807, 2.05) is 0 Å². The number of rotatable bonds is 6. The van der Waals surface area contributed by atoms with Gasteiger partial charge in [0.05, 0.1) is 0 Å². The van der Waals surface area contributed by atoms with Crippen molar-refractivity contribution in [3.05, 3.63) is 4.91 Å². The van der Waals surface area contributed by atoms with Gasteiger partial charge in [0.25, 0.3) is 0 Å². The highest BCUT2D eigenvalue weighted by atomic mass is 35.5. The molecule has 1 N–H and O–H groups in total. The molecule has 0 aliphatic heterocycles. The van der Waals surface area contributed by atoms with Gasteiger partial charge in [0.2, 0.25) is 0 Å². The fraction of sp³-hybridized carbons (Fsp3) is 0.833. The normalized spacial score (nSPS) is 9.38. The van der Waals surface area contributed by atoms with E-state index < -0.39 is 0 Å². The summed E-state index contributed by atoms with van der Waals surface area (Å²) in [5, 5.41) is 5.11. The molecular weight excluding hydrogens is 217 g/mol. The second kappa shape index (κ2) is 8.07. The van der Waals surface area contributed by atoms with Crippen molar-refractivity contribution in [3.63, 3.8) is 0 Å². The zero-order valence-electron chi connectivity index (χ0n) is 7.00. The number of hydrogen-bond acceptors (Lipinski definition) is 3. The number of nitroso groups, excluding NO2 is 1. The van der Waals surface area contributed by atoms with Gasteiger partial charge >= 0.3 is 6.03 Å². The molecule has 0 radical (unpaired) electrons. The smallest absolute Gasteiger partial charge is 0.319 e. The minimum absolute atomic E-state index is 0.194. The summed E-state index contributed by atoms with van der Waals surface area (Å²) < 4.78 is 0. The molecule has 0 aromatic carbocycles. The quantitative estimate of drug-likeness (QED) is 0.548. The molecule has 0 rings (SSSR count). The highest BCUT2D eigenvalue weighted by Gasteiger charge is 2.11. The van der Waals surface area contributed by atoms with E-state index >= 15 is 0 Å². The van der Waals surface area contributed by atoms with E-state index in [-0.39, 0.29) is 18.6 Å². The Kier molecular flexibility index (Phi) is 7.73. The summed E-state index contributed by atoms with van der Waals surface area (Å²) in [4.78, 5) is 22.3. The van der Waals surface area contributed by atoms with Gasteiger partial charge in [-0.2, -0.15) is 0 Å². The molecule has 76 valence electrons. The third kappa shape index (κ3) is 5.65. The first-order chi connectivity index (χ1) is 6.26. The Morgan fingerprint density at radius 2 is 2.08 bits per heavy atom. The van der Waals surface area contributed by atoms with Crippen molar-refractivity contribution in [2.45, 2.75) is 0 Å². The molecule has 5 nitrogen and oxygen atoms in total. The number of hydrogen-bond donors (Lipinski definition) is 1. The molecule has 0 atom stereocenters. The van der Waals surface area contributed by atoms with E-state index in [1.54, 1.807) is 0 Å². The zero-order valence-corrected chi connectivity index (χ0v) is 8.51. The first-order valence-corrected chi connectivity index (χ1v) is 4.77. The number of carbonyl (C=O) groups excluding carboxylic acids is 1. The van der Waals surface area contributed by atoms with E-state index in [9.17, 15) is 9.70 Å². The lowest BCUT2D eigenvalue weighted by Gasteiger charge is -2.17. The topological polar surface area (TPSA) is 61.8 Å². The average molecular weight is 228 g/mol. The lowest BCUT2D eigenvalue weighted by Crippen LogP contribution is -2.41. The minimum atomic E-state index is -0.374. The van der Waals surface area contributed by atoms with Gasteiger partial charge in [-0.05, 0) is 5.18 Å². The van der Waals surface area contributed by atoms with E-state index in [4.69, 9.17) is 23.2 Å². The summed E-state index contributed by atoms with van der Waals surface area (Å²) in [5.74, 6) is 0.596. The van der Waals surface area contributed by atoms with Crippen LogP contribution in [0.3, 0.4) is 0 Å². The summed E-state index contributed by atoms with van der Waals surface area (Å²) in [5.41, 5.74) is 0. The van der Waals surface area contributed by atoms with Crippen molar-refractivity contribution >= 4 is 29.2 Å². The molecule has 0 aromatic rings. The Hall–Kier alpha value is -0.550. The zero-order chi connectivity index (χ0) is 10.1. The Labute approximate surface area is 86.3 Å². The predicted octanol–water partition coefficient (Wildman–Crippen LogP) is 1.20. The van der Waals surface area contributed by atoms with Crippen LogP contribution in [0.25, 0.3) is 0 Å². The third-order valence-corrected chi connectivity index (χ3v) is 1.60. The largest absolute Gasteiger partial charge is 0.337 e. The van der Waals surface area contributed by atoms with Gasteiger partial charge in [0.1, 0.15) is 0 Å². The molecule has 0 saturated heterocycles. The molecule has 0 aliphatic rings. The SMILES string of the molecule is O=NCN(CCCl)C(=O)NCCCl. The monoisotopic (exact) mass is 227 g/mol. The van der Waals surface area contributed by atoms with Gasteiger partial charge in [0.15, 0.2) is 6.67 Å². The van der Waals surface area contributed by atoms with Crippen molar-refractivity contribution in [2.75, 3.05) is 31.5 Å². The number of urea groups is 1. The molecule has 0 spiro atoms. The fourth-order valence-electron chi connectivity index (χ4n) is 0.674. The van der Waals surface area contributed by atoms with Crippen molar-refractivity contribution < 1.29 is 4.79 Å². The van der Waals surface area contributed by atoms with Gasteiger partial charge in [-0.25, -0.2) is 4.79 Å². The summed E-state index contributed by atoms with van der Waals surface area (Å²) in [6.45, 7) is 0.459. The maximum atomic E-state index is 11.2. The summed E-state index contributed by atoms with van der Waals surface area (Å²) in [6.07, 6.45) is 0. The van der Waals surface area contributed by atoms with Crippen LogP contribution in [-0.4, -0.2) is 42.4 Å². The van der Waals surface area contributed by atoms with Gasteiger partial charge in [-0.3, -0.25) is 0 Å². The number of carbonyl (C=O) groups is 1. The number of alkyl halides is 2. The van der Waals surface area contributed by atoms with Gasteiger partial charge in [0, 0.05) is 24.8 Å². The molecule has 0 unspecified atom stereocenters. The molecule has 0 heterocycles. The van der Waals surface area contributed by atoms with Crippen molar-refractivity contribution in [1.82, 2.24) is 10.2 Å². The molecular formula is C6H11Cl2N3O2. The second-order valence-electron chi connectivity index (χ2n) is 2.14. The fourth-order valence-corrected chi connectivity index (χ4v) is 0.973. The highest BCUT2D eigenvalue weighted by molar-refractivity contribution is 6.18. The molecule has 0 aromatic heterocycles. The van der Waals surface area contributed by atoms with Crippen LogP contribution in [0.5, 0.6) is 0 Å². The lowest BCUT2D eigenvalue weighted by molar-refractivity contribution is 0.203. The van der Waals surface area contributed by atoms with Crippen LogP contribution < -0.4 is 5.32 Å².